The molecule has 130 valence electrons. The average Bonchev–Trinajstić information content (AvgIpc) is 2.85. The third kappa shape index (κ3) is 3.30. The zero-order valence-corrected chi connectivity index (χ0v) is 15.2. The SMILES string of the molecule is Cn1c(CO)nn(CN2CC(c3ccccc3)OCC2(C)C)c1=S. The lowest BCUT2D eigenvalue weighted by Gasteiger charge is -2.45. The summed E-state index contributed by atoms with van der Waals surface area (Å²) in [5, 5.41) is 13.8. The first-order valence-corrected chi connectivity index (χ1v) is 8.48. The minimum absolute atomic E-state index is 0.0365. The van der Waals surface area contributed by atoms with Crippen molar-refractivity contribution in [3.63, 3.8) is 0 Å². The summed E-state index contributed by atoms with van der Waals surface area (Å²) < 4.78 is 10.2. The van der Waals surface area contributed by atoms with Crippen molar-refractivity contribution in [3.8, 4) is 0 Å². The van der Waals surface area contributed by atoms with E-state index in [0.29, 0.717) is 23.9 Å². The summed E-state index contributed by atoms with van der Waals surface area (Å²) in [6.07, 6.45) is 0.0365. The van der Waals surface area contributed by atoms with Crippen molar-refractivity contribution in [1.82, 2.24) is 19.2 Å². The summed E-state index contributed by atoms with van der Waals surface area (Å²) in [4.78, 5) is 2.33. The molecule has 2 heterocycles. The molecule has 1 aliphatic rings. The van der Waals surface area contributed by atoms with Gasteiger partial charge in [0.1, 0.15) is 6.61 Å². The van der Waals surface area contributed by atoms with Crippen LogP contribution in [-0.2, 0) is 25.1 Å². The molecule has 0 radical (unpaired) electrons. The second kappa shape index (κ2) is 6.76. The van der Waals surface area contributed by atoms with Crippen LogP contribution in [0.25, 0.3) is 0 Å². The van der Waals surface area contributed by atoms with Gasteiger partial charge in [-0.05, 0) is 31.6 Å². The molecule has 0 saturated carbocycles. The number of morpholine rings is 1. The van der Waals surface area contributed by atoms with Gasteiger partial charge in [0.25, 0.3) is 0 Å². The fourth-order valence-electron chi connectivity index (χ4n) is 2.94. The molecule has 1 saturated heterocycles. The van der Waals surface area contributed by atoms with Gasteiger partial charge in [-0.15, -0.1) is 0 Å². The Morgan fingerprint density at radius 1 is 1.33 bits per heavy atom. The first-order valence-electron chi connectivity index (χ1n) is 8.07. The first-order chi connectivity index (χ1) is 11.4. The van der Waals surface area contributed by atoms with E-state index in [1.807, 2.05) is 25.2 Å². The lowest BCUT2D eigenvalue weighted by Crippen LogP contribution is -2.54. The van der Waals surface area contributed by atoms with Crippen molar-refractivity contribution in [3.05, 3.63) is 46.5 Å². The van der Waals surface area contributed by atoms with E-state index in [9.17, 15) is 5.11 Å². The molecule has 0 amide bonds. The highest BCUT2D eigenvalue weighted by molar-refractivity contribution is 7.71. The number of hydrogen-bond acceptors (Lipinski definition) is 5. The topological polar surface area (TPSA) is 55.5 Å². The van der Waals surface area contributed by atoms with Crippen LogP contribution < -0.4 is 0 Å². The lowest BCUT2D eigenvalue weighted by molar-refractivity contribution is -0.113. The molecule has 1 unspecified atom stereocenters. The summed E-state index contributed by atoms with van der Waals surface area (Å²) in [5.74, 6) is 0.575. The van der Waals surface area contributed by atoms with Crippen LogP contribution in [0.4, 0.5) is 0 Å². The maximum absolute atomic E-state index is 9.38. The monoisotopic (exact) mass is 348 g/mol. The Labute approximate surface area is 147 Å². The molecule has 1 aromatic heterocycles. The van der Waals surface area contributed by atoms with Crippen molar-refractivity contribution in [2.45, 2.75) is 38.8 Å². The van der Waals surface area contributed by atoms with Gasteiger partial charge in [0.05, 0.1) is 19.4 Å². The second-order valence-corrected chi connectivity index (χ2v) is 7.17. The number of hydrogen-bond donors (Lipinski definition) is 1. The van der Waals surface area contributed by atoms with Crippen molar-refractivity contribution in [2.24, 2.45) is 7.05 Å². The van der Waals surface area contributed by atoms with Gasteiger partial charge in [-0.25, -0.2) is 4.68 Å². The molecule has 7 heteroatoms. The van der Waals surface area contributed by atoms with Gasteiger partial charge in [0.15, 0.2) is 10.6 Å². The molecule has 1 N–H and O–H groups in total. The molecule has 1 atom stereocenters. The second-order valence-electron chi connectivity index (χ2n) is 6.80. The molecule has 24 heavy (non-hydrogen) atoms. The number of nitrogens with zero attached hydrogens (tertiary/aromatic N) is 4. The smallest absolute Gasteiger partial charge is 0.198 e. The third-order valence-corrected chi connectivity index (χ3v) is 5.11. The van der Waals surface area contributed by atoms with Gasteiger partial charge >= 0.3 is 0 Å². The van der Waals surface area contributed by atoms with Gasteiger partial charge in [0.2, 0.25) is 0 Å². The van der Waals surface area contributed by atoms with Gasteiger partial charge < -0.3 is 14.4 Å². The molecule has 1 aliphatic heterocycles. The Bertz CT molecular complexity index is 754. The van der Waals surface area contributed by atoms with Crippen LogP contribution in [0.15, 0.2) is 30.3 Å². The fraction of sp³-hybridized carbons (Fsp3) is 0.529. The highest BCUT2D eigenvalue weighted by Gasteiger charge is 2.36. The molecular weight excluding hydrogens is 324 g/mol. The number of benzene rings is 1. The van der Waals surface area contributed by atoms with Gasteiger partial charge in [0, 0.05) is 19.1 Å². The summed E-state index contributed by atoms with van der Waals surface area (Å²) >= 11 is 5.44. The molecule has 0 spiro atoms. The maximum atomic E-state index is 9.38. The Balaban J connectivity index is 1.83. The molecule has 2 aromatic rings. The summed E-state index contributed by atoms with van der Waals surface area (Å²) in [7, 11) is 1.83. The minimum atomic E-state index is -0.119. The van der Waals surface area contributed by atoms with Crippen LogP contribution >= 0.6 is 12.2 Å². The Hall–Kier alpha value is -1.54. The Kier molecular flexibility index (Phi) is 4.87. The summed E-state index contributed by atoms with van der Waals surface area (Å²) in [6.45, 7) is 6.18. The van der Waals surface area contributed by atoms with Crippen LogP contribution in [0, 0.1) is 4.77 Å². The minimum Gasteiger partial charge on any atom is -0.388 e. The number of rotatable bonds is 4. The standard InChI is InChI=1S/C17H24N4O2S/c1-17(2)11-23-14(13-7-5-4-6-8-13)9-20(17)12-21-16(24)19(3)15(10-22)18-21/h4-8,14,22H,9-12H2,1-3H3. The van der Waals surface area contributed by atoms with Crippen LogP contribution in [0.2, 0.25) is 0 Å². The van der Waals surface area contributed by atoms with Crippen LogP contribution in [0.5, 0.6) is 0 Å². The quantitative estimate of drug-likeness (QED) is 0.859. The van der Waals surface area contributed by atoms with E-state index >= 15 is 0 Å². The predicted octanol–water partition coefficient (Wildman–Crippen LogP) is 2.25. The molecule has 0 bridgehead atoms. The third-order valence-electron chi connectivity index (χ3n) is 4.63. The highest BCUT2D eigenvalue weighted by atomic mass is 32.1. The number of aromatic nitrogens is 3. The lowest BCUT2D eigenvalue weighted by atomic mass is 9.99. The molecular formula is C17H24N4O2S. The van der Waals surface area contributed by atoms with E-state index in [-0.39, 0.29) is 18.2 Å². The zero-order chi connectivity index (χ0) is 17.3. The highest BCUT2D eigenvalue weighted by Crippen LogP contribution is 2.30. The molecule has 1 aromatic carbocycles. The van der Waals surface area contributed by atoms with Crippen molar-refractivity contribution >= 4 is 12.2 Å². The van der Waals surface area contributed by atoms with Crippen LogP contribution in [-0.4, -0.2) is 43.0 Å². The van der Waals surface area contributed by atoms with E-state index in [1.165, 1.54) is 5.56 Å². The van der Waals surface area contributed by atoms with E-state index in [4.69, 9.17) is 17.0 Å². The number of ether oxygens (including phenoxy) is 1. The summed E-state index contributed by atoms with van der Waals surface area (Å²) in [5.41, 5.74) is 1.07. The van der Waals surface area contributed by atoms with E-state index < -0.39 is 0 Å². The largest absolute Gasteiger partial charge is 0.388 e. The van der Waals surface area contributed by atoms with Crippen LogP contribution in [0.3, 0.4) is 0 Å². The van der Waals surface area contributed by atoms with Crippen LogP contribution in [0.1, 0.15) is 31.3 Å². The maximum Gasteiger partial charge on any atom is 0.198 e. The average molecular weight is 348 g/mol. The number of aliphatic hydroxyl groups excluding tert-OH is 1. The van der Waals surface area contributed by atoms with E-state index in [1.54, 1.807) is 9.25 Å². The van der Waals surface area contributed by atoms with Crippen molar-refractivity contribution in [2.75, 3.05) is 13.2 Å². The Morgan fingerprint density at radius 3 is 2.67 bits per heavy atom. The van der Waals surface area contributed by atoms with Gasteiger partial charge in [-0.3, -0.25) is 4.90 Å². The molecule has 0 aliphatic carbocycles. The molecule has 3 rings (SSSR count). The zero-order valence-electron chi connectivity index (χ0n) is 14.3. The molecule has 6 nitrogen and oxygen atoms in total. The Morgan fingerprint density at radius 2 is 2.04 bits per heavy atom. The molecule has 1 fully saturated rings. The number of aliphatic hydroxyl groups is 1. The van der Waals surface area contributed by atoms with Crippen molar-refractivity contribution in [1.29, 1.82) is 0 Å². The normalized spacial score (nSPS) is 21.1. The van der Waals surface area contributed by atoms with Gasteiger partial charge in [-0.2, -0.15) is 5.10 Å². The first kappa shape index (κ1) is 17.3. The van der Waals surface area contributed by atoms with Crippen molar-refractivity contribution < 1.29 is 9.84 Å². The predicted molar refractivity (Wildman–Crippen MR) is 93.9 cm³/mol. The van der Waals surface area contributed by atoms with Gasteiger partial charge in [-0.1, -0.05) is 30.3 Å². The van der Waals surface area contributed by atoms with E-state index in [2.05, 4.69) is 36.0 Å². The summed E-state index contributed by atoms with van der Waals surface area (Å²) in [6, 6.07) is 10.3. The van der Waals surface area contributed by atoms with E-state index in [0.717, 1.165) is 6.54 Å². The fourth-order valence-corrected chi connectivity index (χ4v) is 3.14.